The minimum atomic E-state index is 0.0601. The first kappa shape index (κ1) is 19.6. The Balaban J connectivity index is 1.23. The Hall–Kier alpha value is -3.38. The number of nitrogens with zero attached hydrogens (tertiary/aromatic N) is 2. The molecule has 5 rings (SSSR count). The van der Waals surface area contributed by atoms with E-state index in [0.29, 0.717) is 12.1 Å². The van der Waals surface area contributed by atoms with Crippen LogP contribution in [0.1, 0.15) is 27.2 Å². The van der Waals surface area contributed by atoms with Crippen molar-refractivity contribution in [2.75, 3.05) is 31.5 Å². The number of carbonyl (C=O) groups is 2. The zero-order valence-electron chi connectivity index (χ0n) is 17.6. The minimum Gasteiger partial charge on any atom is -0.357 e. The van der Waals surface area contributed by atoms with Gasteiger partial charge in [-0.05, 0) is 52.9 Å². The first-order valence-electron chi connectivity index (χ1n) is 10.7. The predicted octanol–water partition coefficient (Wildman–Crippen LogP) is 3.44. The van der Waals surface area contributed by atoms with Crippen LogP contribution >= 0.6 is 0 Å². The van der Waals surface area contributed by atoms with Gasteiger partial charge in [0.15, 0.2) is 0 Å². The summed E-state index contributed by atoms with van der Waals surface area (Å²) in [5, 5.41) is 2.93. The molecule has 2 N–H and O–H groups in total. The van der Waals surface area contributed by atoms with Crippen LogP contribution in [-0.4, -0.2) is 52.8 Å². The van der Waals surface area contributed by atoms with Gasteiger partial charge in [0.2, 0.25) is 5.91 Å². The summed E-state index contributed by atoms with van der Waals surface area (Å²) >= 11 is 0. The number of amides is 2. The van der Waals surface area contributed by atoms with Crippen LogP contribution in [0.4, 0.5) is 5.69 Å². The molecule has 1 saturated heterocycles. The molecule has 1 fully saturated rings. The Morgan fingerprint density at radius 2 is 1.81 bits per heavy atom. The van der Waals surface area contributed by atoms with Gasteiger partial charge >= 0.3 is 0 Å². The molecule has 2 amide bonds. The van der Waals surface area contributed by atoms with Crippen molar-refractivity contribution in [3.05, 3.63) is 77.1 Å². The third-order valence-corrected chi connectivity index (χ3v) is 6.23. The van der Waals surface area contributed by atoms with Crippen molar-refractivity contribution >= 4 is 17.5 Å². The van der Waals surface area contributed by atoms with E-state index >= 15 is 0 Å². The molecule has 2 aromatic carbocycles. The zero-order valence-corrected chi connectivity index (χ0v) is 17.6. The van der Waals surface area contributed by atoms with Gasteiger partial charge in [-0.2, -0.15) is 0 Å². The Kier molecular flexibility index (Phi) is 5.08. The van der Waals surface area contributed by atoms with E-state index in [4.69, 9.17) is 0 Å². The smallest absolute Gasteiger partial charge is 0.270 e. The van der Waals surface area contributed by atoms with Gasteiger partial charge < -0.3 is 15.2 Å². The number of carbonyl (C=O) groups excluding carboxylic acids is 2. The number of fused-ring (bicyclic) bond motifs is 1. The topological polar surface area (TPSA) is 68.4 Å². The van der Waals surface area contributed by atoms with Gasteiger partial charge in [0.25, 0.3) is 5.91 Å². The van der Waals surface area contributed by atoms with Crippen LogP contribution in [0, 0.1) is 6.92 Å². The number of rotatable bonds is 4. The summed E-state index contributed by atoms with van der Waals surface area (Å²) < 4.78 is 0. The summed E-state index contributed by atoms with van der Waals surface area (Å²) in [5.41, 5.74) is 7.19. The Morgan fingerprint density at radius 1 is 1.00 bits per heavy atom. The fourth-order valence-corrected chi connectivity index (χ4v) is 4.45. The maximum Gasteiger partial charge on any atom is 0.270 e. The highest BCUT2D eigenvalue weighted by Gasteiger charge is 2.24. The fraction of sp³-hybridized carbons (Fsp3) is 0.280. The zero-order chi connectivity index (χ0) is 21.4. The Morgan fingerprint density at radius 3 is 2.58 bits per heavy atom. The second kappa shape index (κ2) is 8.04. The molecule has 0 bridgehead atoms. The fourth-order valence-electron chi connectivity index (χ4n) is 4.45. The van der Waals surface area contributed by atoms with E-state index in [2.05, 4.69) is 51.6 Å². The van der Waals surface area contributed by atoms with Gasteiger partial charge in [-0.25, -0.2) is 0 Å². The van der Waals surface area contributed by atoms with Crippen molar-refractivity contribution in [1.29, 1.82) is 0 Å². The number of H-pyrrole nitrogens is 1. The highest BCUT2D eigenvalue weighted by Crippen LogP contribution is 2.30. The molecular weight excluding hydrogens is 388 g/mol. The lowest BCUT2D eigenvalue weighted by molar-refractivity contribution is -0.115. The number of aromatic amines is 1. The van der Waals surface area contributed by atoms with Crippen LogP contribution < -0.4 is 5.32 Å². The second-order valence-electron chi connectivity index (χ2n) is 8.40. The summed E-state index contributed by atoms with van der Waals surface area (Å²) in [6.45, 7) is 6.02. The van der Waals surface area contributed by atoms with Crippen LogP contribution in [-0.2, 0) is 17.8 Å². The Labute approximate surface area is 181 Å². The quantitative estimate of drug-likeness (QED) is 0.687. The van der Waals surface area contributed by atoms with E-state index in [1.807, 2.05) is 30.2 Å². The van der Waals surface area contributed by atoms with Gasteiger partial charge in [-0.3, -0.25) is 14.5 Å². The summed E-state index contributed by atoms with van der Waals surface area (Å²) in [6, 6.07) is 16.7. The standard InChI is InChI=1S/C25H26N4O2/c1-17-7-8-26-24(17)25(31)29-11-9-28(10-12-29)16-18-3-2-4-19(13-18)20-5-6-21-15-23(30)27-22(21)14-20/h2-8,13-14,26H,9-12,15-16H2,1H3,(H,27,30). The van der Waals surface area contributed by atoms with Crippen LogP contribution in [0.25, 0.3) is 11.1 Å². The molecule has 31 heavy (non-hydrogen) atoms. The van der Waals surface area contributed by atoms with Crippen molar-refractivity contribution < 1.29 is 9.59 Å². The lowest BCUT2D eigenvalue weighted by Crippen LogP contribution is -2.48. The highest BCUT2D eigenvalue weighted by molar-refractivity contribution is 6.00. The normalized spacial score (nSPS) is 16.3. The molecule has 0 aliphatic carbocycles. The molecule has 0 radical (unpaired) electrons. The lowest BCUT2D eigenvalue weighted by Gasteiger charge is -2.34. The monoisotopic (exact) mass is 414 g/mol. The molecule has 158 valence electrons. The van der Waals surface area contributed by atoms with Crippen molar-refractivity contribution in [2.24, 2.45) is 0 Å². The van der Waals surface area contributed by atoms with Crippen molar-refractivity contribution in [1.82, 2.24) is 14.8 Å². The van der Waals surface area contributed by atoms with Crippen molar-refractivity contribution in [3.63, 3.8) is 0 Å². The summed E-state index contributed by atoms with van der Waals surface area (Å²) in [6.07, 6.45) is 2.29. The number of hydrogen-bond donors (Lipinski definition) is 2. The maximum absolute atomic E-state index is 12.7. The van der Waals surface area contributed by atoms with Crippen LogP contribution in [0.2, 0.25) is 0 Å². The third kappa shape index (κ3) is 3.99. The first-order chi connectivity index (χ1) is 15.1. The van der Waals surface area contributed by atoms with E-state index in [-0.39, 0.29) is 11.8 Å². The van der Waals surface area contributed by atoms with E-state index in [0.717, 1.165) is 60.7 Å². The number of hydrogen-bond acceptors (Lipinski definition) is 3. The van der Waals surface area contributed by atoms with Gasteiger partial charge in [-0.1, -0.05) is 30.3 Å². The average Bonchev–Trinajstić information content (AvgIpc) is 3.37. The molecule has 0 saturated carbocycles. The highest BCUT2D eigenvalue weighted by atomic mass is 16.2. The lowest BCUT2D eigenvalue weighted by atomic mass is 10.0. The average molecular weight is 415 g/mol. The molecule has 0 unspecified atom stereocenters. The predicted molar refractivity (Wildman–Crippen MR) is 121 cm³/mol. The molecule has 3 heterocycles. The molecule has 6 nitrogen and oxygen atoms in total. The van der Waals surface area contributed by atoms with Crippen molar-refractivity contribution in [3.8, 4) is 11.1 Å². The molecule has 1 aromatic heterocycles. The number of aromatic nitrogens is 1. The largest absolute Gasteiger partial charge is 0.357 e. The number of benzene rings is 2. The van der Waals surface area contributed by atoms with E-state index in [1.54, 1.807) is 0 Å². The van der Waals surface area contributed by atoms with Gasteiger partial charge in [0.05, 0.1) is 6.42 Å². The van der Waals surface area contributed by atoms with E-state index < -0.39 is 0 Å². The minimum absolute atomic E-state index is 0.0601. The number of piperazine rings is 1. The second-order valence-corrected chi connectivity index (χ2v) is 8.40. The van der Waals surface area contributed by atoms with E-state index in [9.17, 15) is 9.59 Å². The van der Waals surface area contributed by atoms with Crippen LogP contribution in [0.15, 0.2) is 54.7 Å². The summed E-state index contributed by atoms with van der Waals surface area (Å²) in [5.74, 6) is 0.151. The molecule has 2 aliphatic rings. The molecule has 6 heteroatoms. The maximum atomic E-state index is 12.7. The first-order valence-corrected chi connectivity index (χ1v) is 10.7. The van der Waals surface area contributed by atoms with Gasteiger partial charge in [0, 0.05) is 44.6 Å². The number of aryl methyl sites for hydroxylation is 1. The van der Waals surface area contributed by atoms with Crippen LogP contribution in [0.3, 0.4) is 0 Å². The van der Waals surface area contributed by atoms with Crippen LogP contribution in [0.5, 0.6) is 0 Å². The van der Waals surface area contributed by atoms with E-state index in [1.165, 1.54) is 5.56 Å². The molecule has 2 aliphatic heterocycles. The molecule has 3 aromatic rings. The summed E-state index contributed by atoms with van der Waals surface area (Å²) in [7, 11) is 0. The number of anilines is 1. The van der Waals surface area contributed by atoms with Gasteiger partial charge in [0.1, 0.15) is 5.69 Å². The van der Waals surface area contributed by atoms with Crippen molar-refractivity contribution in [2.45, 2.75) is 19.9 Å². The molecular formula is C25H26N4O2. The molecule has 0 atom stereocenters. The third-order valence-electron chi connectivity index (χ3n) is 6.23. The molecule has 0 spiro atoms. The SMILES string of the molecule is Cc1cc[nH]c1C(=O)N1CCN(Cc2cccc(-c3ccc4c(c3)NC(=O)C4)c2)CC1. The van der Waals surface area contributed by atoms with Gasteiger partial charge in [-0.15, -0.1) is 0 Å². The Bertz CT molecular complexity index is 1140. The summed E-state index contributed by atoms with van der Waals surface area (Å²) in [4.78, 5) is 31.7. The number of nitrogens with one attached hydrogen (secondary N) is 2.